The van der Waals surface area contributed by atoms with Crippen LogP contribution < -0.4 is 10.1 Å². The number of sulfonamides is 1. The Morgan fingerprint density at radius 2 is 1.72 bits per heavy atom. The van der Waals surface area contributed by atoms with Gasteiger partial charge in [-0.3, -0.25) is 4.79 Å². The summed E-state index contributed by atoms with van der Waals surface area (Å²) >= 11 is 5.92. The van der Waals surface area contributed by atoms with Crippen molar-refractivity contribution in [1.82, 2.24) is 4.31 Å². The topological polar surface area (TPSA) is 75.7 Å². The molecule has 29 heavy (non-hydrogen) atoms. The normalized spacial score (nSPS) is 16.6. The van der Waals surface area contributed by atoms with E-state index in [4.69, 9.17) is 16.3 Å². The molecule has 0 aliphatic carbocycles. The summed E-state index contributed by atoms with van der Waals surface area (Å²) in [5.74, 6) is 0.159. The third-order valence-corrected chi connectivity index (χ3v) is 6.95. The Morgan fingerprint density at radius 3 is 2.34 bits per heavy atom. The van der Waals surface area contributed by atoms with Gasteiger partial charge < -0.3 is 10.1 Å². The Kier molecular flexibility index (Phi) is 7.16. The number of ether oxygens (including phenoxy) is 1. The van der Waals surface area contributed by atoms with Crippen molar-refractivity contribution >= 4 is 33.2 Å². The predicted octanol–water partition coefficient (Wildman–Crippen LogP) is 4.31. The first kappa shape index (κ1) is 21.6. The molecule has 0 bridgehead atoms. The summed E-state index contributed by atoms with van der Waals surface area (Å²) in [6.45, 7) is 2.74. The molecule has 1 aliphatic heterocycles. The van der Waals surface area contributed by atoms with Crippen molar-refractivity contribution in [3.63, 3.8) is 0 Å². The number of benzene rings is 2. The molecular weight excluding hydrogens is 412 g/mol. The Morgan fingerprint density at radius 1 is 1.07 bits per heavy atom. The highest BCUT2D eigenvalue weighted by molar-refractivity contribution is 7.89. The van der Waals surface area contributed by atoms with E-state index in [1.807, 2.05) is 0 Å². The fourth-order valence-corrected chi connectivity index (χ4v) is 4.88. The molecule has 156 valence electrons. The molecule has 0 aromatic heterocycles. The molecule has 0 saturated carbocycles. The molecule has 3 rings (SSSR count). The summed E-state index contributed by atoms with van der Waals surface area (Å²) < 4.78 is 32.8. The molecule has 2 aromatic rings. The van der Waals surface area contributed by atoms with Crippen LogP contribution in [-0.2, 0) is 14.8 Å². The van der Waals surface area contributed by atoms with Gasteiger partial charge in [0.1, 0.15) is 5.75 Å². The second-order valence-electron chi connectivity index (χ2n) is 7.05. The second kappa shape index (κ2) is 9.61. The second-order valence-corrected chi connectivity index (χ2v) is 9.42. The van der Waals surface area contributed by atoms with E-state index in [0.29, 0.717) is 29.5 Å². The number of nitrogens with one attached hydrogen (secondary N) is 1. The molecule has 1 heterocycles. The van der Waals surface area contributed by atoms with Gasteiger partial charge in [-0.05, 0) is 62.2 Å². The fourth-order valence-electron chi connectivity index (χ4n) is 3.18. The average Bonchev–Trinajstić information content (AvgIpc) is 2.98. The maximum absolute atomic E-state index is 12.8. The van der Waals surface area contributed by atoms with E-state index >= 15 is 0 Å². The Labute approximate surface area is 176 Å². The molecule has 1 aliphatic rings. The molecule has 0 unspecified atom stereocenters. The van der Waals surface area contributed by atoms with Crippen LogP contribution in [0.15, 0.2) is 53.4 Å². The van der Waals surface area contributed by atoms with Gasteiger partial charge in [-0.2, -0.15) is 4.31 Å². The number of carbonyl (C=O) groups is 1. The molecule has 1 saturated heterocycles. The Bertz CT molecular complexity index is 939. The molecule has 0 radical (unpaired) electrons. The maximum Gasteiger partial charge on any atom is 0.265 e. The Balaban J connectivity index is 1.63. The quantitative estimate of drug-likeness (QED) is 0.732. The Hall–Kier alpha value is -2.09. The van der Waals surface area contributed by atoms with Gasteiger partial charge >= 0.3 is 0 Å². The lowest BCUT2D eigenvalue weighted by atomic mass is 10.2. The molecular formula is C21H25ClN2O4S. The van der Waals surface area contributed by atoms with E-state index in [2.05, 4.69) is 5.32 Å². The molecule has 1 amide bonds. The molecule has 1 atom stereocenters. The minimum absolute atomic E-state index is 0.237. The van der Waals surface area contributed by atoms with Crippen LogP contribution in [0.1, 0.15) is 32.6 Å². The highest BCUT2D eigenvalue weighted by atomic mass is 35.5. The summed E-state index contributed by atoms with van der Waals surface area (Å²) in [7, 11) is -3.51. The van der Waals surface area contributed by atoms with Gasteiger partial charge in [0.2, 0.25) is 10.0 Å². The number of nitrogens with zero attached hydrogens (tertiary/aromatic N) is 1. The van der Waals surface area contributed by atoms with Gasteiger partial charge in [0.05, 0.1) is 4.90 Å². The first-order valence-electron chi connectivity index (χ1n) is 9.69. The largest absolute Gasteiger partial charge is 0.481 e. The summed E-state index contributed by atoms with van der Waals surface area (Å²) in [5, 5.41) is 3.26. The van der Waals surface area contributed by atoms with Crippen molar-refractivity contribution in [1.29, 1.82) is 0 Å². The minimum atomic E-state index is -3.51. The molecule has 2 aromatic carbocycles. The first-order valence-corrected chi connectivity index (χ1v) is 11.5. The lowest BCUT2D eigenvalue weighted by Gasteiger charge is -2.20. The molecule has 8 heteroatoms. The third-order valence-electron chi connectivity index (χ3n) is 4.80. The lowest BCUT2D eigenvalue weighted by Crippen LogP contribution is -2.32. The number of hydrogen-bond acceptors (Lipinski definition) is 4. The summed E-state index contributed by atoms with van der Waals surface area (Å²) in [6.07, 6.45) is 3.16. The van der Waals surface area contributed by atoms with Gasteiger partial charge in [0.25, 0.3) is 5.91 Å². The van der Waals surface area contributed by atoms with Crippen molar-refractivity contribution in [2.45, 2.75) is 43.6 Å². The van der Waals surface area contributed by atoms with Crippen LogP contribution in [0.4, 0.5) is 5.69 Å². The highest BCUT2D eigenvalue weighted by Crippen LogP contribution is 2.22. The van der Waals surface area contributed by atoms with Gasteiger partial charge in [-0.25, -0.2) is 8.42 Å². The number of halogens is 1. The summed E-state index contributed by atoms with van der Waals surface area (Å²) in [4.78, 5) is 12.6. The van der Waals surface area contributed by atoms with Crippen LogP contribution in [0.3, 0.4) is 0 Å². The van der Waals surface area contributed by atoms with Gasteiger partial charge in [0.15, 0.2) is 6.10 Å². The third kappa shape index (κ3) is 5.72. The number of anilines is 1. The average molecular weight is 437 g/mol. The lowest BCUT2D eigenvalue weighted by molar-refractivity contribution is -0.122. The zero-order chi connectivity index (χ0) is 20.9. The van der Waals surface area contributed by atoms with Crippen molar-refractivity contribution in [3.05, 3.63) is 53.6 Å². The van der Waals surface area contributed by atoms with Crippen molar-refractivity contribution in [2.75, 3.05) is 18.4 Å². The number of hydrogen-bond donors (Lipinski definition) is 1. The van der Waals surface area contributed by atoms with E-state index in [1.54, 1.807) is 47.6 Å². The van der Waals surface area contributed by atoms with Crippen LogP contribution in [0.2, 0.25) is 5.02 Å². The number of carbonyl (C=O) groups excluding carboxylic acids is 1. The van der Waals surface area contributed by atoms with Crippen LogP contribution >= 0.6 is 11.6 Å². The van der Waals surface area contributed by atoms with Gasteiger partial charge in [-0.15, -0.1) is 0 Å². The maximum atomic E-state index is 12.8. The van der Waals surface area contributed by atoms with Crippen molar-refractivity contribution in [2.24, 2.45) is 0 Å². The number of rotatable bonds is 6. The molecule has 1 fully saturated rings. The van der Waals surface area contributed by atoms with E-state index < -0.39 is 16.1 Å². The highest BCUT2D eigenvalue weighted by Gasteiger charge is 2.25. The molecule has 0 spiro atoms. The van der Waals surface area contributed by atoms with E-state index in [-0.39, 0.29) is 10.8 Å². The zero-order valence-corrected chi connectivity index (χ0v) is 17.9. The fraction of sp³-hybridized carbons (Fsp3) is 0.381. The van der Waals surface area contributed by atoms with E-state index in [9.17, 15) is 13.2 Å². The number of amides is 1. The van der Waals surface area contributed by atoms with Crippen LogP contribution in [-0.4, -0.2) is 37.8 Å². The monoisotopic (exact) mass is 436 g/mol. The standard InChI is InChI=1S/C21H25ClN2O4S/c1-16(28-19-8-6-7-17(22)15-19)21(25)23-18-9-11-20(12-10-18)29(26,27)24-13-4-2-3-5-14-24/h6-12,15-16H,2-5,13-14H2,1H3,(H,23,25)/t16-/m1/s1. The van der Waals surface area contributed by atoms with Crippen molar-refractivity contribution < 1.29 is 17.9 Å². The van der Waals surface area contributed by atoms with E-state index in [1.165, 1.54) is 12.1 Å². The smallest absolute Gasteiger partial charge is 0.265 e. The van der Waals surface area contributed by atoms with Crippen molar-refractivity contribution in [3.8, 4) is 5.75 Å². The predicted molar refractivity (Wildman–Crippen MR) is 114 cm³/mol. The van der Waals surface area contributed by atoms with Crippen LogP contribution in [0.25, 0.3) is 0 Å². The first-order chi connectivity index (χ1) is 13.9. The SMILES string of the molecule is C[C@@H](Oc1cccc(Cl)c1)C(=O)Nc1ccc(S(=O)(=O)N2CCCCCC2)cc1. The zero-order valence-electron chi connectivity index (χ0n) is 16.3. The van der Waals surface area contributed by atoms with Crippen LogP contribution in [0, 0.1) is 0 Å². The van der Waals surface area contributed by atoms with Crippen LogP contribution in [0.5, 0.6) is 5.75 Å². The van der Waals surface area contributed by atoms with E-state index in [0.717, 1.165) is 25.7 Å². The molecule has 6 nitrogen and oxygen atoms in total. The molecule has 1 N–H and O–H groups in total. The summed E-state index contributed by atoms with van der Waals surface area (Å²) in [6, 6.07) is 13.1. The van der Waals surface area contributed by atoms with Gasteiger partial charge in [-0.1, -0.05) is 30.5 Å². The minimum Gasteiger partial charge on any atom is -0.481 e. The van der Waals surface area contributed by atoms with Gasteiger partial charge in [0, 0.05) is 23.8 Å². The summed E-state index contributed by atoms with van der Waals surface area (Å²) in [5.41, 5.74) is 0.506.